The first-order valence-electron chi connectivity index (χ1n) is 42.3. The molecule has 0 saturated carbocycles. The summed E-state index contributed by atoms with van der Waals surface area (Å²) >= 11 is 0. The van der Waals surface area contributed by atoms with E-state index in [1.807, 2.05) is 24.3 Å². The van der Waals surface area contributed by atoms with Gasteiger partial charge in [-0.3, -0.25) is 9.13 Å². The van der Waals surface area contributed by atoms with Gasteiger partial charge in [0.15, 0.2) is 0 Å². The average molecular weight is 1580 g/mol. The van der Waals surface area contributed by atoms with E-state index < -0.39 is 0 Å². The lowest BCUT2D eigenvalue weighted by Crippen LogP contribution is -2.03. The van der Waals surface area contributed by atoms with Crippen LogP contribution in [-0.4, -0.2) is 38.2 Å². The van der Waals surface area contributed by atoms with Crippen molar-refractivity contribution >= 4 is 152 Å². The zero-order valence-corrected chi connectivity index (χ0v) is 67.1. The summed E-state index contributed by atoms with van der Waals surface area (Å²) in [6.45, 7) is 0. The Hall–Kier alpha value is -16.7. The molecule has 0 aliphatic heterocycles. The van der Waals surface area contributed by atoms with E-state index in [9.17, 15) is 0 Å². The molecular weight excluding hydrogens is 1510 g/mol. The largest absolute Gasteiger partial charge is 0.309 e. The molecule has 0 unspecified atom stereocenters. The predicted molar refractivity (Wildman–Crippen MR) is 519 cm³/mol. The van der Waals surface area contributed by atoms with E-state index in [1.165, 1.54) is 120 Å². The van der Waals surface area contributed by atoms with Gasteiger partial charge in [0.25, 0.3) is 0 Å². The molecule has 8 nitrogen and oxygen atoms in total. The number of hydrogen-bond acceptors (Lipinski definition) is 4. The molecule has 0 saturated heterocycles. The summed E-state index contributed by atoms with van der Waals surface area (Å²) in [4.78, 5) is 20.9. The van der Waals surface area contributed by atoms with Crippen LogP contribution in [0.2, 0.25) is 0 Å². The van der Waals surface area contributed by atoms with Gasteiger partial charge in [-0.25, -0.2) is 19.9 Å². The molecule has 0 aliphatic carbocycles. The summed E-state index contributed by atoms with van der Waals surface area (Å²) in [5.74, 6) is 1.32. The standard InChI is InChI=1S/2C58H36N4/c2*1-2-14-40(15-3-1)57-48-19-8-10-20-51(48)59-58(60-57)62-52-21-11-9-18-47(52)49-35-43(27-31-53(49)62)44-28-32-54-50(36-44)56-46-17-7-6-13-39(46)26-33-55(56)61(54)45-29-24-38(25-30-45)42-23-22-37-12-4-5-16-41(37)34-42/h2*1-36H. The van der Waals surface area contributed by atoms with Crippen molar-refractivity contribution in [3.8, 4) is 90.3 Å². The molecule has 8 heteroatoms. The predicted octanol–water partition coefficient (Wildman–Crippen LogP) is 30.3. The molecular formula is C116H72N8. The number of nitrogens with zero attached hydrogens (tertiary/aromatic N) is 8. The Morgan fingerprint density at radius 1 is 0.145 bits per heavy atom. The minimum absolute atomic E-state index is 0.660. The van der Waals surface area contributed by atoms with Crippen molar-refractivity contribution in [1.29, 1.82) is 0 Å². The summed E-state index contributed by atoms with van der Waals surface area (Å²) in [5, 5.41) is 21.7. The summed E-state index contributed by atoms with van der Waals surface area (Å²) in [5.41, 5.74) is 26.6. The third-order valence-corrected chi connectivity index (χ3v) is 25.4. The Morgan fingerprint density at radius 3 is 0.839 bits per heavy atom. The third-order valence-electron chi connectivity index (χ3n) is 25.4. The van der Waals surface area contributed by atoms with E-state index in [2.05, 4.69) is 431 Å². The Bertz CT molecular complexity index is 8340. The highest BCUT2D eigenvalue weighted by Gasteiger charge is 2.24. The van der Waals surface area contributed by atoms with Crippen molar-refractivity contribution in [2.75, 3.05) is 0 Å². The minimum Gasteiger partial charge on any atom is -0.309 e. The van der Waals surface area contributed by atoms with Gasteiger partial charge in [-0.1, -0.05) is 315 Å². The van der Waals surface area contributed by atoms with Crippen LogP contribution in [0.3, 0.4) is 0 Å². The maximum Gasteiger partial charge on any atom is 0.235 e. The quantitative estimate of drug-likeness (QED) is 0.137. The third kappa shape index (κ3) is 11.5. The monoisotopic (exact) mass is 1580 g/mol. The van der Waals surface area contributed by atoms with Crippen LogP contribution in [0.15, 0.2) is 437 Å². The SMILES string of the molecule is c1ccc(-c2nc(-n3c4ccccc4c4cc(-c5ccc6c(c5)c5c7ccccc7ccc5n6-c5ccc(-c6ccc7ccccc7c6)cc5)ccc43)nc3ccccc23)cc1.c1ccc(-c2nc(-n3c4ccccc4c4cc(-c5ccc6c(c5)c5c7ccccc7ccc5n6-c5ccc(-c6ccc7ccccc7c6)cc5)ccc43)nc3ccccc23)cc1. The van der Waals surface area contributed by atoms with E-state index in [1.54, 1.807) is 0 Å². The summed E-state index contributed by atoms with van der Waals surface area (Å²) in [6, 6.07) is 157. The number of fused-ring (bicyclic) bond motifs is 20. The number of hydrogen-bond donors (Lipinski definition) is 0. The molecule has 26 aromatic rings. The number of aromatic nitrogens is 8. The van der Waals surface area contributed by atoms with Crippen LogP contribution < -0.4 is 0 Å². The molecule has 0 aliphatic rings. The summed E-state index contributed by atoms with van der Waals surface area (Å²) < 4.78 is 9.30. The zero-order valence-electron chi connectivity index (χ0n) is 67.1. The van der Waals surface area contributed by atoms with E-state index >= 15 is 0 Å². The fourth-order valence-electron chi connectivity index (χ4n) is 19.5. The zero-order chi connectivity index (χ0) is 81.5. The Balaban J connectivity index is 0.000000136. The van der Waals surface area contributed by atoms with E-state index in [-0.39, 0.29) is 0 Å². The van der Waals surface area contributed by atoms with Crippen LogP contribution >= 0.6 is 0 Å². The lowest BCUT2D eigenvalue weighted by molar-refractivity contribution is 1.01. The molecule has 0 fully saturated rings. The first-order chi connectivity index (χ1) is 61.5. The molecule has 0 amide bonds. The van der Waals surface area contributed by atoms with Gasteiger partial charge in [-0.2, -0.15) is 0 Å². The van der Waals surface area contributed by atoms with Crippen LogP contribution in [0.4, 0.5) is 0 Å². The fraction of sp³-hybridized carbons (Fsp3) is 0. The highest BCUT2D eigenvalue weighted by Crippen LogP contribution is 2.46. The van der Waals surface area contributed by atoms with Gasteiger partial charge in [-0.05, 0) is 209 Å². The number of rotatable bonds is 10. The van der Waals surface area contributed by atoms with Gasteiger partial charge < -0.3 is 9.13 Å². The summed E-state index contributed by atoms with van der Waals surface area (Å²) in [6.07, 6.45) is 0. The average Bonchev–Trinajstić information content (AvgIpc) is 1.60. The Kier molecular flexibility index (Phi) is 16.2. The van der Waals surface area contributed by atoms with E-state index in [0.29, 0.717) is 11.9 Å². The van der Waals surface area contributed by atoms with Crippen molar-refractivity contribution in [2.45, 2.75) is 0 Å². The first-order valence-corrected chi connectivity index (χ1v) is 42.3. The van der Waals surface area contributed by atoms with Crippen LogP contribution in [0, 0.1) is 0 Å². The van der Waals surface area contributed by atoms with Gasteiger partial charge in [0.1, 0.15) is 0 Å². The van der Waals surface area contributed by atoms with Crippen LogP contribution in [0.1, 0.15) is 0 Å². The van der Waals surface area contributed by atoms with Crippen molar-refractivity contribution < 1.29 is 0 Å². The van der Waals surface area contributed by atoms with Crippen molar-refractivity contribution in [2.24, 2.45) is 0 Å². The molecule has 0 bridgehead atoms. The Morgan fingerprint density at radius 2 is 0.427 bits per heavy atom. The van der Waals surface area contributed by atoms with Crippen LogP contribution in [-0.2, 0) is 0 Å². The summed E-state index contributed by atoms with van der Waals surface area (Å²) in [7, 11) is 0. The Labute approximate surface area is 712 Å². The van der Waals surface area contributed by atoms with Gasteiger partial charge in [0.2, 0.25) is 11.9 Å². The lowest BCUT2D eigenvalue weighted by atomic mass is 9.99. The normalized spacial score (nSPS) is 11.9. The molecule has 0 radical (unpaired) electrons. The number of benzene rings is 20. The number of para-hydroxylation sites is 4. The maximum absolute atomic E-state index is 5.29. The lowest BCUT2D eigenvalue weighted by Gasteiger charge is -2.12. The molecule has 124 heavy (non-hydrogen) atoms. The molecule has 26 rings (SSSR count). The maximum atomic E-state index is 5.29. The van der Waals surface area contributed by atoms with Gasteiger partial charge >= 0.3 is 0 Å². The molecule has 576 valence electrons. The molecule has 0 atom stereocenters. The van der Waals surface area contributed by atoms with Crippen LogP contribution in [0.5, 0.6) is 0 Å². The fourth-order valence-corrected chi connectivity index (χ4v) is 19.5. The topological polar surface area (TPSA) is 71.3 Å². The van der Waals surface area contributed by atoms with Crippen LogP contribution in [0.25, 0.3) is 242 Å². The van der Waals surface area contributed by atoms with Gasteiger partial charge in [-0.15, -0.1) is 0 Å². The molecule has 6 aromatic heterocycles. The second kappa shape index (κ2) is 28.5. The van der Waals surface area contributed by atoms with E-state index in [0.717, 1.165) is 110 Å². The smallest absolute Gasteiger partial charge is 0.235 e. The molecule has 0 N–H and O–H groups in total. The highest BCUT2D eigenvalue weighted by molar-refractivity contribution is 6.24. The second-order valence-electron chi connectivity index (χ2n) is 32.4. The van der Waals surface area contributed by atoms with Crippen molar-refractivity contribution in [3.63, 3.8) is 0 Å². The van der Waals surface area contributed by atoms with Gasteiger partial charge in [0.05, 0.1) is 66.6 Å². The van der Waals surface area contributed by atoms with E-state index in [4.69, 9.17) is 19.9 Å². The molecule has 6 heterocycles. The van der Waals surface area contributed by atoms with Crippen molar-refractivity contribution in [3.05, 3.63) is 437 Å². The first kappa shape index (κ1) is 70.3. The molecule has 20 aromatic carbocycles. The molecule has 0 spiro atoms. The van der Waals surface area contributed by atoms with Gasteiger partial charge in [0, 0.05) is 76.4 Å². The minimum atomic E-state index is 0.660. The second-order valence-corrected chi connectivity index (χ2v) is 32.4. The van der Waals surface area contributed by atoms with Crippen molar-refractivity contribution in [1.82, 2.24) is 38.2 Å². The highest BCUT2D eigenvalue weighted by atomic mass is 15.2.